The minimum absolute atomic E-state index is 0.0545. The maximum absolute atomic E-state index is 12.6. The van der Waals surface area contributed by atoms with Gasteiger partial charge in [-0.1, -0.05) is 0 Å². The van der Waals surface area contributed by atoms with E-state index in [9.17, 15) is 13.8 Å². The van der Waals surface area contributed by atoms with Gasteiger partial charge in [0.25, 0.3) is 0 Å². The van der Waals surface area contributed by atoms with Crippen LogP contribution < -0.4 is 4.74 Å². The molecule has 1 rings (SSSR count). The van der Waals surface area contributed by atoms with Gasteiger partial charge < -0.3 is 4.74 Å². The molecule has 0 N–H and O–H groups in total. The van der Waals surface area contributed by atoms with E-state index in [2.05, 4.69) is 0 Å². The van der Waals surface area contributed by atoms with E-state index in [4.69, 9.17) is 4.74 Å². The molecule has 122 valence electrons. The summed E-state index contributed by atoms with van der Waals surface area (Å²) in [5, 5.41) is 0. The van der Waals surface area contributed by atoms with E-state index in [-0.39, 0.29) is 24.4 Å². The molecule has 0 radical (unpaired) electrons. The highest BCUT2D eigenvalue weighted by molar-refractivity contribution is 7.82. The van der Waals surface area contributed by atoms with Crippen molar-refractivity contribution in [2.45, 2.75) is 38.5 Å². The van der Waals surface area contributed by atoms with Crippen LogP contribution in [0, 0.1) is 13.8 Å². The van der Waals surface area contributed by atoms with Crippen molar-refractivity contribution in [2.24, 2.45) is 0 Å². The number of aryl methyl sites for hydroxylation is 2. The van der Waals surface area contributed by atoms with Crippen LogP contribution in [0.15, 0.2) is 17.0 Å². The highest BCUT2D eigenvalue weighted by Gasteiger charge is 2.18. The molecule has 0 aromatic heterocycles. The Balaban J connectivity index is 2.79. The summed E-state index contributed by atoms with van der Waals surface area (Å²) in [5.41, 5.74) is 1.77. The first-order valence-electron chi connectivity index (χ1n) is 7.05. The first-order valence-corrected chi connectivity index (χ1v) is 8.16. The minimum atomic E-state index is -1.35. The Morgan fingerprint density at radius 2 is 1.77 bits per heavy atom. The van der Waals surface area contributed by atoms with Crippen molar-refractivity contribution >= 4 is 22.6 Å². The van der Waals surface area contributed by atoms with Crippen LogP contribution in [0.3, 0.4) is 0 Å². The van der Waals surface area contributed by atoms with E-state index in [1.54, 1.807) is 18.5 Å². The number of rotatable bonds is 8. The monoisotopic (exact) mass is 325 g/mol. The third-order valence-corrected chi connectivity index (χ3v) is 5.02. The highest BCUT2D eigenvalue weighted by atomic mass is 32.2. The van der Waals surface area contributed by atoms with Gasteiger partial charge in [-0.25, -0.2) is 8.51 Å². The summed E-state index contributed by atoms with van der Waals surface area (Å²) < 4.78 is 19.5. The Bertz CT molecular complexity index is 575. The number of methoxy groups -OCH3 is 1. The van der Waals surface area contributed by atoms with Gasteiger partial charge in [-0.05, 0) is 44.0 Å². The fourth-order valence-corrected chi connectivity index (χ4v) is 3.43. The molecule has 0 heterocycles. The van der Waals surface area contributed by atoms with Gasteiger partial charge in [0, 0.05) is 20.0 Å². The van der Waals surface area contributed by atoms with Gasteiger partial charge in [-0.3, -0.25) is 9.59 Å². The second-order valence-corrected chi connectivity index (χ2v) is 6.89. The zero-order chi connectivity index (χ0) is 16.9. The van der Waals surface area contributed by atoms with Crippen LogP contribution in [-0.4, -0.2) is 40.8 Å². The Kier molecular flexibility index (Phi) is 6.90. The van der Waals surface area contributed by atoms with Crippen molar-refractivity contribution in [3.05, 3.63) is 23.3 Å². The minimum Gasteiger partial charge on any atom is -0.497 e. The molecule has 5 nitrogen and oxygen atoms in total. The zero-order valence-electron chi connectivity index (χ0n) is 13.8. The summed E-state index contributed by atoms with van der Waals surface area (Å²) in [4.78, 5) is 23.2. The second kappa shape index (κ2) is 8.19. The lowest BCUT2D eigenvalue weighted by Gasteiger charge is -2.19. The van der Waals surface area contributed by atoms with Gasteiger partial charge in [0.05, 0.1) is 18.4 Å². The molecule has 0 aliphatic heterocycles. The van der Waals surface area contributed by atoms with E-state index in [0.29, 0.717) is 6.54 Å². The molecule has 0 saturated carbocycles. The lowest BCUT2D eigenvalue weighted by molar-refractivity contribution is -0.125. The van der Waals surface area contributed by atoms with Gasteiger partial charge in [0.1, 0.15) is 28.3 Å². The summed E-state index contributed by atoms with van der Waals surface area (Å²) in [6.45, 7) is 5.52. The number of Topliss-reactive ketones (excluding diaryl/α,β-unsaturated/α-hetero) is 2. The standard InChI is InChI=1S/C16H23NO4S/c1-11-8-15(21-5)9-12(2)16(11)22(20)17(4)7-6-14(19)10-13(3)18/h8-9H,6-7,10H2,1-5H3. The topological polar surface area (TPSA) is 63.7 Å². The number of hydrogen-bond acceptors (Lipinski definition) is 4. The smallest absolute Gasteiger partial charge is 0.141 e. The number of carbonyl (C=O) groups is 2. The highest BCUT2D eigenvalue weighted by Crippen LogP contribution is 2.25. The second-order valence-electron chi connectivity index (χ2n) is 5.36. The first kappa shape index (κ1) is 18.5. The van der Waals surface area contributed by atoms with Crippen LogP contribution in [0.1, 0.15) is 30.9 Å². The average molecular weight is 325 g/mol. The predicted molar refractivity (Wildman–Crippen MR) is 86.4 cm³/mol. The Hall–Kier alpha value is -1.53. The molecule has 0 amide bonds. The number of ether oxygens (including phenoxy) is 1. The van der Waals surface area contributed by atoms with Crippen LogP contribution in [-0.2, 0) is 20.6 Å². The number of benzene rings is 1. The van der Waals surface area contributed by atoms with E-state index in [0.717, 1.165) is 21.8 Å². The zero-order valence-corrected chi connectivity index (χ0v) is 14.6. The molecular weight excluding hydrogens is 302 g/mol. The van der Waals surface area contributed by atoms with Gasteiger partial charge in [-0.2, -0.15) is 0 Å². The van der Waals surface area contributed by atoms with E-state index < -0.39 is 11.0 Å². The van der Waals surface area contributed by atoms with Gasteiger partial charge in [0.2, 0.25) is 0 Å². The molecule has 1 unspecified atom stereocenters. The SMILES string of the molecule is COc1cc(C)c(S(=O)N(C)CCC(=O)CC(C)=O)c(C)c1. The molecule has 0 aliphatic carbocycles. The van der Waals surface area contributed by atoms with Crippen LogP contribution in [0.25, 0.3) is 0 Å². The fraction of sp³-hybridized carbons (Fsp3) is 0.500. The number of nitrogens with zero attached hydrogens (tertiary/aromatic N) is 1. The predicted octanol–water partition coefficient (Wildman–Crippen LogP) is 2.20. The summed E-state index contributed by atoms with van der Waals surface area (Å²) in [6.07, 6.45) is 0.164. The first-order chi connectivity index (χ1) is 10.3. The number of carbonyl (C=O) groups excluding carboxylic acids is 2. The van der Waals surface area contributed by atoms with E-state index >= 15 is 0 Å². The number of hydrogen-bond donors (Lipinski definition) is 0. The van der Waals surface area contributed by atoms with Crippen LogP contribution in [0.5, 0.6) is 5.75 Å². The molecule has 0 fully saturated rings. The molecule has 6 heteroatoms. The molecule has 0 aliphatic rings. The normalized spacial score (nSPS) is 12.3. The van der Waals surface area contributed by atoms with Crippen molar-refractivity contribution in [3.63, 3.8) is 0 Å². The van der Waals surface area contributed by atoms with E-state index in [1.165, 1.54) is 6.92 Å². The third kappa shape index (κ3) is 5.03. The maximum Gasteiger partial charge on any atom is 0.141 e. The molecule has 1 aromatic rings. The van der Waals surface area contributed by atoms with Crippen molar-refractivity contribution in [1.82, 2.24) is 4.31 Å². The fourth-order valence-electron chi connectivity index (χ4n) is 2.19. The number of ketones is 2. The largest absolute Gasteiger partial charge is 0.497 e. The van der Waals surface area contributed by atoms with Crippen molar-refractivity contribution in [2.75, 3.05) is 20.7 Å². The quantitative estimate of drug-likeness (QED) is 0.687. The Morgan fingerprint density at radius 3 is 2.23 bits per heavy atom. The van der Waals surface area contributed by atoms with E-state index in [1.807, 2.05) is 26.0 Å². The molecule has 1 atom stereocenters. The molecule has 1 aromatic carbocycles. The van der Waals surface area contributed by atoms with Crippen molar-refractivity contribution < 1.29 is 18.5 Å². The van der Waals surface area contributed by atoms with Crippen LogP contribution >= 0.6 is 0 Å². The summed E-state index contributed by atoms with van der Waals surface area (Å²) in [7, 11) is 1.95. The van der Waals surface area contributed by atoms with Crippen LogP contribution in [0.4, 0.5) is 0 Å². The lowest BCUT2D eigenvalue weighted by Crippen LogP contribution is -2.25. The summed E-state index contributed by atoms with van der Waals surface area (Å²) in [6, 6.07) is 3.68. The molecule has 22 heavy (non-hydrogen) atoms. The molecule has 0 saturated heterocycles. The van der Waals surface area contributed by atoms with Crippen LogP contribution in [0.2, 0.25) is 0 Å². The van der Waals surface area contributed by atoms with Gasteiger partial charge in [0.15, 0.2) is 0 Å². The van der Waals surface area contributed by atoms with Crippen molar-refractivity contribution in [1.29, 1.82) is 0 Å². The lowest BCUT2D eigenvalue weighted by atomic mass is 10.1. The average Bonchev–Trinajstić information content (AvgIpc) is 2.42. The third-order valence-electron chi connectivity index (χ3n) is 3.28. The molecule has 0 spiro atoms. The van der Waals surface area contributed by atoms with Crippen molar-refractivity contribution in [3.8, 4) is 5.75 Å². The van der Waals surface area contributed by atoms with Gasteiger partial charge >= 0.3 is 0 Å². The summed E-state index contributed by atoms with van der Waals surface area (Å²) in [5.74, 6) is 0.463. The Morgan fingerprint density at radius 1 is 1.23 bits per heavy atom. The molecular formula is C16H23NO4S. The summed E-state index contributed by atoms with van der Waals surface area (Å²) >= 11 is 0. The Labute approximate surface area is 134 Å². The molecule has 0 bridgehead atoms. The maximum atomic E-state index is 12.6. The van der Waals surface area contributed by atoms with Gasteiger partial charge in [-0.15, -0.1) is 0 Å².